The zero-order valence-corrected chi connectivity index (χ0v) is 8.18. The minimum atomic E-state index is 0.246. The molecule has 0 aromatic rings. The van der Waals surface area contributed by atoms with Gasteiger partial charge < -0.3 is 10.5 Å². The summed E-state index contributed by atoms with van der Waals surface area (Å²) in [5, 5.41) is 0. The van der Waals surface area contributed by atoms with E-state index < -0.39 is 0 Å². The lowest BCUT2D eigenvalue weighted by Crippen LogP contribution is -2.33. The van der Waals surface area contributed by atoms with Crippen LogP contribution in [0.25, 0.3) is 0 Å². The normalized spacial score (nSPS) is 16.9. The van der Waals surface area contributed by atoms with E-state index in [-0.39, 0.29) is 5.41 Å². The van der Waals surface area contributed by atoms with Gasteiger partial charge in [-0.3, -0.25) is 0 Å². The van der Waals surface area contributed by atoms with Crippen molar-refractivity contribution < 1.29 is 4.74 Å². The third kappa shape index (κ3) is 3.21. The van der Waals surface area contributed by atoms with Crippen molar-refractivity contribution >= 4 is 0 Å². The first-order valence-corrected chi connectivity index (χ1v) is 4.26. The lowest BCUT2D eigenvalue weighted by atomic mass is 9.77. The van der Waals surface area contributed by atoms with Crippen molar-refractivity contribution in [3.05, 3.63) is 0 Å². The Hall–Kier alpha value is -0.0800. The molecule has 0 aliphatic heterocycles. The van der Waals surface area contributed by atoms with Crippen LogP contribution in [0.4, 0.5) is 0 Å². The fraction of sp³-hybridized carbons (Fsp3) is 1.00. The van der Waals surface area contributed by atoms with Crippen molar-refractivity contribution in [2.45, 2.75) is 27.2 Å². The predicted octanol–water partition coefficient (Wildman–Crippen LogP) is 1.64. The van der Waals surface area contributed by atoms with E-state index in [0.29, 0.717) is 5.92 Å². The molecule has 0 aromatic carbocycles. The minimum absolute atomic E-state index is 0.246. The first kappa shape index (κ1) is 10.9. The van der Waals surface area contributed by atoms with Gasteiger partial charge in [0.2, 0.25) is 0 Å². The lowest BCUT2D eigenvalue weighted by Gasteiger charge is -2.32. The van der Waals surface area contributed by atoms with Crippen LogP contribution < -0.4 is 5.73 Å². The van der Waals surface area contributed by atoms with E-state index in [1.807, 2.05) is 0 Å². The van der Waals surface area contributed by atoms with Crippen LogP contribution in [0.15, 0.2) is 0 Å². The monoisotopic (exact) mass is 159 g/mol. The Labute approximate surface area is 70.1 Å². The first-order chi connectivity index (χ1) is 5.06. The van der Waals surface area contributed by atoms with Crippen molar-refractivity contribution in [2.75, 3.05) is 20.3 Å². The number of hydrogen-bond donors (Lipinski definition) is 1. The number of ether oxygens (including phenoxy) is 1. The molecule has 0 aliphatic carbocycles. The first-order valence-electron chi connectivity index (χ1n) is 4.26. The van der Waals surface area contributed by atoms with Crippen molar-refractivity contribution in [3.8, 4) is 0 Å². The van der Waals surface area contributed by atoms with E-state index in [4.69, 9.17) is 10.5 Å². The number of methoxy groups -OCH3 is 1. The van der Waals surface area contributed by atoms with Gasteiger partial charge in [0.15, 0.2) is 0 Å². The maximum absolute atomic E-state index is 5.69. The average molecular weight is 159 g/mol. The third-order valence-corrected chi connectivity index (χ3v) is 2.74. The zero-order valence-electron chi connectivity index (χ0n) is 8.18. The minimum Gasteiger partial charge on any atom is -0.385 e. The molecule has 0 fully saturated rings. The molecule has 0 aliphatic rings. The maximum Gasteiger partial charge on any atom is 0.0468 e. The van der Waals surface area contributed by atoms with Gasteiger partial charge in [0.1, 0.15) is 0 Å². The number of hydrogen-bond acceptors (Lipinski definition) is 2. The summed E-state index contributed by atoms with van der Waals surface area (Å²) in [5.74, 6) is 0.627. The molecule has 1 atom stereocenters. The summed E-state index contributed by atoms with van der Waals surface area (Å²) < 4.78 is 5.03. The van der Waals surface area contributed by atoms with Gasteiger partial charge in [0.25, 0.3) is 0 Å². The number of nitrogens with two attached hydrogens (primary N) is 1. The Balaban J connectivity index is 3.88. The molecule has 0 heterocycles. The highest BCUT2D eigenvalue weighted by Gasteiger charge is 2.25. The zero-order chi connectivity index (χ0) is 8.91. The topological polar surface area (TPSA) is 35.2 Å². The van der Waals surface area contributed by atoms with Crippen molar-refractivity contribution in [2.24, 2.45) is 17.1 Å². The Morgan fingerprint density at radius 3 is 2.27 bits per heavy atom. The van der Waals surface area contributed by atoms with Gasteiger partial charge in [-0.2, -0.15) is 0 Å². The standard InChI is InChI=1S/C9H21NO/c1-8(2)9(3,7-10)5-6-11-4/h8H,5-7,10H2,1-4H3. The summed E-state index contributed by atoms with van der Waals surface area (Å²) in [7, 11) is 1.73. The van der Waals surface area contributed by atoms with Gasteiger partial charge in [0.05, 0.1) is 0 Å². The molecule has 0 rings (SSSR count). The Bertz CT molecular complexity index is 104. The molecule has 68 valence electrons. The van der Waals surface area contributed by atoms with Crippen molar-refractivity contribution in [1.29, 1.82) is 0 Å². The van der Waals surface area contributed by atoms with Crippen molar-refractivity contribution in [1.82, 2.24) is 0 Å². The SMILES string of the molecule is COCCC(C)(CN)C(C)C. The van der Waals surface area contributed by atoms with Crippen LogP contribution in [-0.2, 0) is 4.74 Å². The molecule has 0 saturated carbocycles. The van der Waals surface area contributed by atoms with E-state index in [9.17, 15) is 0 Å². The third-order valence-electron chi connectivity index (χ3n) is 2.74. The quantitative estimate of drug-likeness (QED) is 0.662. The van der Waals surface area contributed by atoms with E-state index in [1.54, 1.807) is 7.11 Å². The van der Waals surface area contributed by atoms with Gasteiger partial charge in [-0.25, -0.2) is 0 Å². The van der Waals surface area contributed by atoms with E-state index in [1.165, 1.54) is 0 Å². The molecule has 0 aromatic heterocycles. The van der Waals surface area contributed by atoms with Gasteiger partial charge in [-0.1, -0.05) is 20.8 Å². The molecule has 1 unspecified atom stereocenters. The Morgan fingerprint density at radius 2 is 2.00 bits per heavy atom. The van der Waals surface area contributed by atoms with Crippen LogP contribution in [0.5, 0.6) is 0 Å². The van der Waals surface area contributed by atoms with E-state index in [2.05, 4.69) is 20.8 Å². The lowest BCUT2D eigenvalue weighted by molar-refractivity contribution is 0.118. The van der Waals surface area contributed by atoms with Gasteiger partial charge >= 0.3 is 0 Å². The van der Waals surface area contributed by atoms with Crippen LogP contribution in [-0.4, -0.2) is 20.3 Å². The fourth-order valence-electron chi connectivity index (χ4n) is 0.962. The summed E-state index contributed by atoms with van der Waals surface area (Å²) in [5.41, 5.74) is 5.94. The second kappa shape index (κ2) is 4.73. The Kier molecular flexibility index (Phi) is 4.69. The smallest absolute Gasteiger partial charge is 0.0468 e. The maximum atomic E-state index is 5.69. The van der Waals surface area contributed by atoms with Crippen LogP contribution >= 0.6 is 0 Å². The van der Waals surface area contributed by atoms with Gasteiger partial charge in [-0.05, 0) is 24.3 Å². The molecule has 0 amide bonds. The second-order valence-corrected chi connectivity index (χ2v) is 3.76. The molecule has 0 radical (unpaired) electrons. The van der Waals surface area contributed by atoms with Crippen LogP contribution in [0, 0.1) is 11.3 Å². The highest BCUT2D eigenvalue weighted by molar-refractivity contribution is 4.78. The largest absolute Gasteiger partial charge is 0.385 e. The Morgan fingerprint density at radius 1 is 1.45 bits per heavy atom. The highest BCUT2D eigenvalue weighted by Crippen LogP contribution is 2.29. The van der Waals surface area contributed by atoms with Crippen LogP contribution in [0.3, 0.4) is 0 Å². The molecule has 0 bridgehead atoms. The summed E-state index contributed by atoms with van der Waals surface area (Å²) in [4.78, 5) is 0. The molecule has 2 heteroatoms. The molecular weight excluding hydrogens is 138 g/mol. The summed E-state index contributed by atoms with van der Waals surface area (Å²) in [6.45, 7) is 8.20. The molecule has 11 heavy (non-hydrogen) atoms. The van der Waals surface area contributed by atoms with Crippen LogP contribution in [0.2, 0.25) is 0 Å². The molecule has 2 N–H and O–H groups in total. The molecule has 0 spiro atoms. The van der Waals surface area contributed by atoms with E-state index >= 15 is 0 Å². The summed E-state index contributed by atoms with van der Waals surface area (Å²) >= 11 is 0. The number of rotatable bonds is 5. The summed E-state index contributed by atoms with van der Waals surface area (Å²) in [6, 6.07) is 0. The molecular formula is C9H21NO. The predicted molar refractivity (Wildman–Crippen MR) is 48.5 cm³/mol. The summed E-state index contributed by atoms with van der Waals surface area (Å²) in [6.07, 6.45) is 1.05. The van der Waals surface area contributed by atoms with Gasteiger partial charge in [0, 0.05) is 13.7 Å². The molecule has 0 saturated heterocycles. The van der Waals surface area contributed by atoms with Crippen molar-refractivity contribution in [3.63, 3.8) is 0 Å². The molecule has 2 nitrogen and oxygen atoms in total. The van der Waals surface area contributed by atoms with E-state index in [0.717, 1.165) is 19.6 Å². The van der Waals surface area contributed by atoms with Crippen LogP contribution in [0.1, 0.15) is 27.2 Å². The highest BCUT2D eigenvalue weighted by atomic mass is 16.5. The average Bonchev–Trinajstić information content (AvgIpc) is 2.00. The fourth-order valence-corrected chi connectivity index (χ4v) is 0.962. The second-order valence-electron chi connectivity index (χ2n) is 3.76. The van der Waals surface area contributed by atoms with Gasteiger partial charge in [-0.15, -0.1) is 0 Å².